The number of benzene rings is 1. The van der Waals surface area contributed by atoms with Crippen LogP contribution in [0, 0.1) is 0 Å². The number of imidazole rings is 1. The van der Waals surface area contributed by atoms with Gasteiger partial charge in [0.1, 0.15) is 25.1 Å². The second-order valence-electron chi connectivity index (χ2n) is 7.64. The zero-order valence-electron chi connectivity index (χ0n) is 19.5. The number of primary amides is 1. The lowest BCUT2D eigenvalue weighted by atomic mass is 10.1. The summed E-state index contributed by atoms with van der Waals surface area (Å²) in [7, 11) is 0. The van der Waals surface area contributed by atoms with E-state index >= 15 is 0 Å². The van der Waals surface area contributed by atoms with Crippen LogP contribution in [0.2, 0.25) is 0 Å². The van der Waals surface area contributed by atoms with E-state index in [-0.39, 0.29) is 30.6 Å². The molecule has 13 nitrogen and oxygen atoms in total. The molecule has 35 heavy (non-hydrogen) atoms. The summed E-state index contributed by atoms with van der Waals surface area (Å²) >= 11 is 0. The molecule has 4 atom stereocenters. The second kappa shape index (κ2) is 11.3. The lowest BCUT2D eigenvalue weighted by Gasteiger charge is -2.24. The van der Waals surface area contributed by atoms with Gasteiger partial charge in [0, 0.05) is 20.8 Å². The Morgan fingerprint density at radius 3 is 2.34 bits per heavy atom. The van der Waals surface area contributed by atoms with Gasteiger partial charge in [0.05, 0.1) is 6.33 Å². The van der Waals surface area contributed by atoms with E-state index in [1.165, 1.54) is 24.7 Å². The third-order valence-corrected chi connectivity index (χ3v) is 4.95. The number of ether oxygens (including phenoxy) is 4. The molecule has 0 bridgehead atoms. The van der Waals surface area contributed by atoms with Gasteiger partial charge in [-0.25, -0.2) is 4.98 Å². The van der Waals surface area contributed by atoms with Gasteiger partial charge in [0.15, 0.2) is 24.1 Å². The average molecular weight is 489 g/mol. The maximum absolute atomic E-state index is 11.8. The van der Waals surface area contributed by atoms with Crippen LogP contribution in [0.5, 0.6) is 0 Å². The molecule has 188 valence electrons. The number of hydrogen-bond acceptors (Lipinski definition) is 11. The first-order chi connectivity index (χ1) is 16.7. The lowest BCUT2D eigenvalue weighted by molar-refractivity contribution is -0.165. The van der Waals surface area contributed by atoms with Gasteiger partial charge in [0.25, 0.3) is 5.91 Å². The monoisotopic (exact) mass is 489 g/mol. The molecule has 4 N–H and O–H groups in total. The minimum Gasteiger partial charge on any atom is -0.476 e. The number of nitrogen functional groups attached to an aromatic ring is 1. The van der Waals surface area contributed by atoms with Gasteiger partial charge in [-0.05, 0) is 5.56 Å². The molecule has 0 unspecified atom stereocenters. The van der Waals surface area contributed by atoms with E-state index in [0.29, 0.717) is 0 Å². The predicted molar refractivity (Wildman–Crippen MR) is 120 cm³/mol. The second-order valence-corrected chi connectivity index (χ2v) is 7.64. The largest absolute Gasteiger partial charge is 0.476 e. The number of amides is 1. The highest BCUT2D eigenvalue weighted by molar-refractivity contribution is 5.95. The highest BCUT2D eigenvalue weighted by Gasteiger charge is 2.51. The van der Waals surface area contributed by atoms with E-state index in [4.69, 9.17) is 35.3 Å². The van der Waals surface area contributed by atoms with Gasteiger partial charge >= 0.3 is 11.9 Å². The standard InChI is InChI=1S/C22H27N5O8/c1-12(26-32-9-15-7-5-4-6-8-15)31-10-16-18(33-13(2)28)19(34-14(3)29)22(35-16)27-11-25-17(20(27)23)21(24)30/h4-8,11,16,18-19,22H,9-10,23H2,1-3H3,(H2,24,30)/t16-,18-,19-,22-/m1/s1. The first-order valence-electron chi connectivity index (χ1n) is 10.6. The van der Waals surface area contributed by atoms with Crippen LogP contribution in [0.25, 0.3) is 0 Å². The van der Waals surface area contributed by atoms with Crippen molar-refractivity contribution in [2.45, 2.75) is 51.9 Å². The van der Waals surface area contributed by atoms with Crippen molar-refractivity contribution in [3.8, 4) is 0 Å². The number of nitrogens with two attached hydrogens (primary N) is 2. The van der Waals surface area contributed by atoms with Crippen LogP contribution in [0.15, 0.2) is 41.8 Å². The Hall–Kier alpha value is -4.13. The van der Waals surface area contributed by atoms with Crippen LogP contribution in [-0.4, -0.2) is 58.2 Å². The normalized spacial score (nSPS) is 21.9. The Balaban J connectivity index is 1.76. The fourth-order valence-electron chi connectivity index (χ4n) is 3.48. The quantitative estimate of drug-likeness (QED) is 0.222. The summed E-state index contributed by atoms with van der Waals surface area (Å²) in [5.74, 6) is -2.04. The molecule has 2 heterocycles. The van der Waals surface area contributed by atoms with Crippen molar-refractivity contribution in [2.24, 2.45) is 10.9 Å². The van der Waals surface area contributed by atoms with Gasteiger partial charge in [-0.3, -0.25) is 19.0 Å². The molecule has 2 aromatic rings. The molecule has 3 rings (SSSR count). The number of esters is 2. The summed E-state index contributed by atoms with van der Waals surface area (Å²) in [6.45, 7) is 4.09. The lowest BCUT2D eigenvalue weighted by Crippen LogP contribution is -2.40. The Kier molecular flexibility index (Phi) is 8.25. The fourth-order valence-corrected chi connectivity index (χ4v) is 3.48. The van der Waals surface area contributed by atoms with Crippen molar-refractivity contribution in [3.63, 3.8) is 0 Å². The van der Waals surface area contributed by atoms with E-state index in [1.807, 2.05) is 30.3 Å². The third kappa shape index (κ3) is 6.47. The average Bonchev–Trinajstić information content (AvgIpc) is 3.33. The maximum atomic E-state index is 11.8. The summed E-state index contributed by atoms with van der Waals surface area (Å²) in [6.07, 6.45) is -2.93. The Labute approximate surface area is 200 Å². The molecule has 0 saturated carbocycles. The van der Waals surface area contributed by atoms with Crippen LogP contribution in [0.4, 0.5) is 5.82 Å². The van der Waals surface area contributed by atoms with Crippen molar-refractivity contribution < 1.29 is 38.2 Å². The molecule has 1 aromatic carbocycles. The van der Waals surface area contributed by atoms with Crippen molar-refractivity contribution in [3.05, 3.63) is 47.9 Å². The molecule has 1 aliphatic rings. The van der Waals surface area contributed by atoms with Crippen LogP contribution < -0.4 is 11.5 Å². The fraction of sp³-hybridized carbons (Fsp3) is 0.409. The number of anilines is 1. The number of carbonyl (C=O) groups is 3. The number of rotatable bonds is 9. The molecule has 0 radical (unpaired) electrons. The first-order valence-corrected chi connectivity index (χ1v) is 10.6. The SMILES string of the molecule is CC(=O)O[C@@H]1[C@H](OC(C)=O)[C@@H](COC(C)=NOCc2ccccc2)O[C@H]1n1cnc(C(N)=O)c1N. The summed E-state index contributed by atoms with van der Waals surface area (Å²) in [5.41, 5.74) is 12.0. The Morgan fingerprint density at radius 1 is 1.09 bits per heavy atom. The number of oxime groups is 1. The molecule has 1 saturated heterocycles. The third-order valence-electron chi connectivity index (χ3n) is 4.95. The zero-order chi connectivity index (χ0) is 25.5. The first kappa shape index (κ1) is 25.5. The summed E-state index contributed by atoms with van der Waals surface area (Å²) < 4.78 is 23.7. The summed E-state index contributed by atoms with van der Waals surface area (Å²) in [5, 5.41) is 3.91. The molecular formula is C22H27N5O8. The van der Waals surface area contributed by atoms with Gasteiger partial charge in [-0.1, -0.05) is 35.5 Å². The zero-order valence-corrected chi connectivity index (χ0v) is 19.5. The van der Waals surface area contributed by atoms with Gasteiger partial charge in [0.2, 0.25) is 5.90 Å². The highest BCUT2D eigenvalue weighted by atomic mass is 16.7. The maximum Gasteiger partial charge on any atom is 0.303 e. The minimum absolute atomic E-state index is 0.102. The summed E-state index contributed by atoms with van der Waals surface area (Å²) in [4.78, 5) is 44.3. The smallest absolute Gasteiger partial charge is 0.303 e. The number of nitrogens with zero attached hydrogens (tertiary/aromatic N) is 3. The van der Waals surface area contributed by atoms with E-state index in [9.17, 15) is 14.4 Å². The molecular weight excluding hydrogens is 462 g/mol. The van der Waals surface area contributed by atoms with Gasteiger partial charge in [-0.15, -0.1) is 0 Å². The number of hydrogen-bond donors (Lipinski definition) is 2. The topological polar surface area (TPSA) is 180 Å². The Bertz CT molecular complexity index is 1090. The van der Waals surface area contributed by atoms with E-state index in [0.717, 1.165) is 5.56 Å². The number of aromatic nitrogens is 2. The van der Waals surface area contributed by atoms with Crippen LogP contribution in [-0.2, 0) is 40.0 Å². The van der Waals surface area contributed by atoms with Gasteiger partial charge in [-0.2, -0.15) is 0 Å². The van der Waals surface area contributed by atoms with Crippen molar-refractivity contribution in [1.82, 2.24) is 9.55 Å². The molecule has 0 aliphatic carbocycles. The molecule has 1 aromatic heterocycles. The number of carbonyl (C=O) groups excluding carboxylic acids is 3. The summed E-state index contributed by atoms with van der Waals surface area (Å²) in [6, 6.07) is 9.44. The highest BCUT2D eigenvalue weighted by Crippen LogP contribution is 2.36. The van der Waals surface area contributed by atoms with E-state index in [1.54, 1.807) is 6.92 Å². The van der Waals surface area contributed by atoms with Gasteiger partial charge < -0.3 is 35.3 Å². The van der Waals surface area contributed by atoms with E-state index < -0.39 is 42.4 Å². The van der Waals surface area contributed by atoms with Crippen molar-refractivity contribution in [2.75, 3.05) is 12.3 Å². The van der Waals surface area contributed by atoms with Crippen molar-refractivity contribution >= 4 is 29.6 Å². The molecule has 1 aliphatic heterocycles. The molecule has 0 spiro atoms. The molecule has 1 fully saturated rings. The predicted octanol–water partition coefficient (Wildman–Crippen LogP) is 0.892. The van der Waals surface area contributed by atoms with Crippen molar-refractivity contribution in [1.29, 1.82) is 0 Å². The minimum atomic E-state index is -1.12. The van der Waals surface area contributed by atoms with Crippen LogP contribution in [0.3, 0.4) is 0 Å². The van der Waals surface area contributed by atoms with Crippen LogP contribution in [0.1, 0.15) is 43.1 Å². The molecule has 1 amide bonds. The molecule has 13 heteroatoms. The van der Waals surface area contributed by atoms with E-state index in [2.05, 4.69) is 10.1 Å². The Morgan fingerprint density at radius 2 is 1.74 bits per heavy atom. The van der Waals surface area contributed by atoms with Crippen LogP contribution >= 0.6 is 0 Å².